The number of aliphatic carboxylic acids is 1. The van der Waals surface area contributed by atoms with Gasteiger partial charge in [0.05, 0.1) is 132 Å². The molecule has 0 amide bonds. The predicted molar refractivity (Wildman–Crippen MR) is 167 cm³/mol. The third kappa shape index (κ3) is 23.8. The number of ether oxygens (including phenoxy) is 11. The highest BCUT2D eigenvalue weighted by molar-refractivity contribution is 6.32. The Balaban J connectivity index is 1.76. The lowest BCUT2D eigenvalue weighted by molar-refractivity contribution is -0.151. The zero-order chi connectivity index (χ0) is 39.1. The summed E-state index contributed by atoms with van der Waals surface area (Å²) in [4.78, 5) is 44.3. The first-order valence-corrected chi connectivity index (χ1v) is 16.4. The van der Waals surface area contributed by atoms with Gasteiger partial charge in [0.2, 0.25) is 40.6 Å². The van der Waals surface area contributed by atoms with Crippen LogP contribution in [0.2, 0.25) is 0 Å². The number of carbonyl (C=O) groups is 4. The number of esters is 2. The number of hydrogen-bond donors (Lipinski definition) is 1. The monoisotopic (exact) mass is 780 g/mol. The molecule has 304 valence electrons. The van der Waals surface area contributed by atoms with Crippen molar-refractivity contribution in [3.8, 4) is 5.75 Å². The van der Waals surface area contributed by atoms with Crippen molar-refractivity contribution in [1.29, 1.82) is 0 Å². The summed E-state index contributed by atoms with van der Waals surface area (Å²) in [6.45, 7) is 4.91. The van der Waals surface area contributed by atoms with Crippen molar-refractivity contribution < 1.29 is 98.3 Å². The second-order valence-electron chi connectivity index (χ2n) is 10.1. The number of carboxylic acid groups (broad SMARTS) is 1. The third-order valence-corrected chi connectivity index (χ3v) is 6.10. The van der Waals surface area contributed by atoms with Gasteiger partial charge in [-0.3, -0.25) is 14.4 Å². The van der Waals surface area contributed by atoms with Crippen molar-refractivity contribution in [1.82, 2.24) is 0 Å². The summed E-state index contributed by atoms with van der Waals surface area (Å²) < 4.78 is 123. The maximum atomic E-state index is 13.5. The standard InChI is InChI=1S/C32H45F5O16/c33-26-27(34)29(36)31(30(37)28(26)35)53-25(40)3-4-43-5-6-44-7-8-45-9-10-46-11-12-47-13-14-48-15-16-49-17-18-50-19-20-51-21-22-52-24(39)2-1-23(38)32(41)42/h1-22H2,(H,41,42). The average molecular weight is 781 g/mol. The number of halogens is 5. The molecular formula is C32H45F5O16. The Morgan fingerprint density at radius 1 is 0.377 bits per heavy atom. The van der Waals surface area contributed by atoms with E-state index in [-0.39, 0.29) is 59.3 Å². The lowest BCUT2D eigenvalue weighted by Crippen LogP contribution is -2.17. The van der Waals surface area contributed by atoms with Crippen molar-refractivity contribution in [2.45, 2.75) is 19.3 Å². The first-order chi connectivity index (χ1) is 25.6. The number of hydrogen-bond acceptors (Lipinski definition) is 15. The summed E-state index contributed by atoms with van der Waals surface area (Å²) in [6, 6.07) is 0. The van der Waals surface area contributed by atoms with Gasteiger partial charge in [-0.15, -0.1) is 0 Å². The van der Waals surface area contributed by atoms with Crippen LogP contribution in [0.1, 0.15) is 19.3 Å². The van der Waals surface area contributed by atoms with Gasteiger partial charge in [0.25, 0.3) is 0 Å². The summed E-state index contributed by atoms with van der Waals surface area (Å²) in [7, 11) is 0. The number of carboxylic acids is 1. The third-order valence-electron chi connectivity index (χ3n) is 6.10. The Bertz CT molecular complexity index is 1180. The van der Waals surface area contributed by atoms with E-state index in [1.54, 1.807) is 0 Å². The molecule has 1 aromatic carbocycles. The molecule has 53 heavy (non-hydrogen) atoms. The number of ketones is 1. The number of carbonyl (C=O) groups excluding carboxylic acids is 3. The first-order valence-electron chi connectivity index (χ1n) is 16.4. The van der Waals surface area contributed by atoms with Gasteiger partial charge >= 0.3 is 17.9 Å². The number of Topliss-reactive ketones (excluding diaryl/α,β-unsaturated/α-hetero) is 1. The van der Waals surface area contributed by atoms with Crippen LogP contribution < -0.4 is 4.74 Å². The molecule has 0 saturated carbocycles. The van der Waals surface area contributed by atoms with Crippen LogP contribution in [0.25, 0.3) is 0 Å². The van der Waals surface area contributed by atoms with Crippen LogP contribution in [-0.4, -0.2) is 154 Å². The second-order valence-corrected chi connectivity index (χ2v) is 10.1. The quantitative estimate of drug-likeness (QED) is 0.0200. The van der Waals surface area contributed by atoms with E-state index in [1.165, 1.54) is 0 Å². The summed E-state index contributed by atoms with van der Waals surface area (Å²) in [5.74, 6) is -17.5. The molecule has 0 heterocycles. The van der Waals surface area contributed by atoms with Crippen molar-refractivity contribution in [3.05, 3.63) is 29.1 Å². The molecule has 0 unspecified atom stereocenters. The van der Waals surface area contributed by atoms with Crippen LogP contribution >= 0.6 is 0 Å². The predicted octanol–water partition coefficient (Wildman–Crippen LogP) is 1.80. The maximum absolute atomic E-state index is 13.5. The van der Waals surface area contributed by atoms with Gasteiger partial charge in [-0.25, -0.2) is 18.0 Å². The Hall–Kier alpha value is -3.41. The van der Waals surface area contributed by atoms with Gasteiger partial charge in [0, 0.05) is 6.42 Å². The van der Waals surface area contributed by atoms with Crippen LogP contribution in [0.3, 0.4) is 0 Å². The van der Waals surface area contributed by atoms with E-state index >= 15 is 0 Å². The van der Waals surface area contributed by atoms with Crippen LogP contribution in [0, 0.1) is 29.1 Å². The number of rotatable bonds is 35. The molecule has 0 spiro atoms. The summed E-state index contributed by atoms with van der Waals surface area (Å²) in [5, 5.41) is 8.43. The molecule has 0 saturated heterocycles. The van der Waals surface area contributed by atoms with Gasteiger partial charge in [0.15, 0.2) is 0 Å². The van der Waals surface area contributed by atoms with Crippen molar-refractivity contribution in [2.75, 3.05) is 126 Å². The topological polar surface area (TPSA) is 190 Å². The Labute approximate surface area is 301 Å². The molecule has 0 aliphatic carbocycles. The average Bonchev–Trinajstić information content (AvgIpc) is 3.14. The molecule has 0 aliphatic rings. The van der Waals surface area contributed by atoms with Crippen molar-refractivity contribution in [3.63, 3.8) is 0 Å². The normalized spacial score (nSPS) is 11.2. The molecular weight excluding hydrogens is 735 g/mol. The minimum atomic E-state index is -2.36. The highest BCUT2D eigenvalue weighted by Gasteiger charge is 2.28. The molecule has 0 atom stereocenters. The highest BCUT2D eigenvalue weighted by atomic mass is 19.2. The molecule has 0 aliphatic heterocycles. The van der Waals surface area contributed by atoms with E-state index in [0.717, 1.165) is 0 Å². The van der Waals surface area contributed by atoms with Gasteiger partial charge in [-0.05, 0) is 0 Å². The van der Waals surface area contributed by atoms with Crippen LogP contribution in [0.15, 0.2) is 0 Å². The van der Waals surface area contributed by atoms with E-state index in [0.29, 0.717) is 72.7 Å². The fourth-order valence-corrected chi connectivity index (χ4v) is 3.47. The summed E-state index contributed by atoms with van der Waals surface area (Å²) in [6.07, 6.45) is -1.21. The van der Waals surface area contributed by atoms with Crippen LogP contribution in [0.5, 0.6) is 5.75 Å². The zero-order valence-electron chi connectivity index (χ0n) is 29.0. The molecule has 0 radical (unpaired) electrons. The van der Waals surface area contributed by atoms with E-state index in [9.17, 15) is 41.1 Å². The SMILES string of the molecule is O=C(CCC(=O)C(=O)O)OCCOCCOCCOCCOCCOCCOCCOCCOCCOCCC(=O)Oc1c(F)c(F)c(F)c(F)c1F. The Kier molecular flexibility index (Phi) is 27.8. The van der Waals surface area contributed by atoms with Crippen molar-refractivity contribution in [2.24, 2.45) is 0 Å². The van der Waals surface area contributed by atoms with Gasteiger partial charge in [-0.2, -0.15) is 8.78 Å². The largest absolute Gasteiger partial charge is 0.476 e. The molecule has 0 bridgehead atoms. The van der Waals surface area contributed by atoms with E-state index in [4.69, 9.17) is 52.5 Å². The molecule has 1 rings (SSSR count). The molecule has 1 N–H and O–H groups in total. The molecule has 1 aromatic rings. The lowest BCUT2D eigenvalue weighted by Gasteiger charge is -2.09. The first kappa shape index (κ1) is 47.6. The maximum Gasteiger partial charge on any atom is 0.372 e. The van der Waals surface area contributed by atoms with Gasteiger partial charge in [-0.1, -0.05) is 0 Å². The second kappa shape index (κ2) is 31.0. The lowest BCUT2D eigenvalue weighted by atomic mass is 10.2. The Morgan fingerprint density at radius 2 is 0.679 bits per heavy atom. The van der Waals surface area contributed by atoms with Crippen LogP contribution in [0.4, 0.5) is 22.0 Å². The summed E-state index contributed by atoms with van der Waals surface area (Å²) >= 11 is 0. The minimum absolute atomic E-state index is 0.0167. The number of benzene rings is 1. The van der Waals surface area contributed by atoms with E-state index < -0.39 is 71.4 Å². The minimum Gasteiger partial charge on any atom is -0.476 e. The van der Waals surface area contributed by atoms with Gasteiger partial charge < -0.3 is 57.2 Å². The van der Waals surface area contributed by atoms with Gasteiger partial charge in [0.1, 0.15) is 6.61 Å². The molecule has 21 heteroatoms. The van der Waals surface area contributed by atoms with E-state index in [2.05, 4.69) is 4.74 Å². The summed E-state index contributed by atoms with van der Waals surface area (Å²) in [5.41, 5.74) is 0. The fourth-order valence-electron chi connectivity index (χ4n) is 3.47. The zero-order valence-corrected chi connectivity index (χ0v) is 29.0. The van der Waals surface area contributed by atoms with E-state index in [1.807, 2.05) is 0 Å². The molecule has 0 aromatic heterocycles. The molecule has 0 fully saturated rings. The smallest absolute Gasteiger partial charge is 0.372 e. The molecule has 16 nitrogen and oxygen atoms in total. The van der Waals surface area contributed by atoms with Crippen LogP contribution in [-0.2, 0) is 66.5 Å². The highest BCUT2D eigenvalue weighted by Crippen LogP contribution is 2.29. The Morgan fingerprint density at radius 3 is 1.02 bits per heavy atom. The van der Waals surface area contributed by atoms with Crippen molar-refractivity contribution >= 4 is 23.7 Å². The fraction of sp³-hybridized carbons (Fsp3) is 0.688.